The molecule has 2 N–H and O–H groups in total. The molecule has 4 nitrogen and oxygen atoms in total. The van der Waals surface area contributed by atoms with E-state index < -0.39 is 11.5 Å². The number of nitrogens with one attached hydrogen (secondary N) is 1. The van der Waals surface area contributed by atoms with Gasteiger partial charge in [-0.05, 0) is 30.3 Å². The number of aliphatic carboxylic acids is 1. The molecular weight excluding hydrogens is 262 g/mol. The minimum absolute atomic E-state index is 0.108. The number of carbonyl (C=O) groups is 2. The van der Waals surface area contributed by atoms with Gasteiger partial charge in [-0.3, -0.25) is 4.79 Å². The zero-order valence-electron chi connectivity index (χ0n) is 12.1. The molecule has 1 aliphatic heterocycles. The van der Waals surface area contributed by atoms with Crippen LogP contribution in [0.3, 0.4) is 0 Å². The molecule has 1 unspecified atom stereocenters. The van der Waals surface area contributed by atoms with E-state index in [0.29, 0.717) is 18.8 Å². The first-order chi connectivity index (χ1) is 8.96. The fourth-order valence-electron chi connectivity index (χ4n) is 2.67. The third-order valence-corrected chi connectivity index (χ3v) is 5.27. The normalized spacial score (nSPS) is 20.0. The highest BCUT2D eigenvalue weighted by atomic mass is 32.2. The van der Waals surface area contributed by atoms with Crippen molar-refractivity contribution in [1.82, 2.24) is 5.32 Å². The van der Waals surface area contributed by atoms with Crippen LogP contribution in [0, 0.1) is 11.8 Å². The summed E-state index contributed by atoms with van der Waals surface area (Å²) in [5, 5.41) is 12.3. The Balaban J connectivity index is 2.74. The number of thioether (sulfide) groups is 1. The van der Waals surface area contributed by atoms with Gasteiger partial charge in [0, 0.05) is 5.92 Å². The van der Waals surface area contributed by atoms with Gasteiger partial charge >= 0.3 is 5.97 Å². The van der Waals surface area contributed by atoms with Crippen LogP contribution in [0.15, 0.2) is 0 Å². The molecule has 0 spiro atoms. The highest BCUT2D eigenvalue weighted by Gasteiger charge is 2.42. The largest absolute Gasteiger partial charge is 0.480 e. The van der Waals surface area contributed by atoms with Crippen molar-refractivity contribution in [3.05, 3.63) is 0 Å². The maximum atomic E-state index is 12.3. The van der Waals surface area contributed by atoms with Crippen molar-refractivity contribution in [1.29, 1.82) is 0 Å². The van der Waals surface area contributed by atoms with Gasteiger partial charge < -0.3 is 10.4 Å². The van der Waals surface area contributed by atoms with Gasteiger partial charge in [0.05, 0.1) is 0 Å². The summed E-state index contributed by atoms with van der Waals surface area (Å²) in [6, 6.07) is 0. The van der Waals surface area contributed by atoms with Crippen LogP contribution in [0.1, 0.15) is 46.5 Å². The standard InChI is InChI=1S/C14H25NO3S/c1-4-11(5-2)10(3)12(16)15-14(13(17)18)6-8-19-9-7-14/h10-11H,4-9H2,1-3H3,(H,15,16)(H,17,18). The second kappa shape index (κ2) is 7.17. The van der Waals surface area contributed by atoms with E-state index in [1.54, 1.807) is 11.8 Å². The monoisotopic (exact) mass is 287 g/mol. The molecule has 110 valence electrons. The molecule has 0 aromatic heterocycles. The lowest BCUT2D eigenvalue weighted by Gasteiger charge is -2.35. The van der Waals surface area contributed by atoms with Crippen LogP contribution in [0.5, 0.6) is 0 Å². The number of carboxylic acid groups (broad SMARTS) is 1. The van der Waals surface area contributed by atoms with Crippen LogP contribution < -0.4 is 5.32 Å². The lowest BCUT2D eigenvalue weighted by atomic mass is 9.86. The average Bonchev–Trinajstić information content (AvgIpc) is 2.40. The van der Waals surface area contributed by atoms with E-state index in [1.807, 2.05) is 6.92 Å². The molecule has 1 aliphatic rings. The predicted molar refractivity (Wildman–Crippen MR) is 78.3 cm³/mol. The van der Waals surface area contributed by atoms with E-state index in [2.05, 4.69) is 19.2 Å². The van der Waals surface area contributed by atoms with Crippen LogP contribution in [0.4, 0.5) is 0 Å². The summed E-state index contributed by atoms with van der Waals surface area (Å²) in [4.78, 5) is 23.8. The highest BCUT2D eigenvalue weighted by molar-refractivity contribution is 7.99. The van der Waals surface area contributed by atoms with Crippen molar-refractivity contribution in [2.45, 2.75) is 52.0 Å². The maximum Gasteiger partial charge on any atom is 0.329 e. The molecule has 1 fully saturated rings. The van der Waals surface area contributed by atoms with Gasteiger partial charge in [-0.15, -0.1) is 0 Å². The Kier molecular flexibility index (Phi) is 6.17. The van der Waals surface area contributed by atoms with E-state index in [4.69, 9.17) is 0 Å². The number of carbonyl (C=O) groups excluding carboxylic acids is 1. The van der Waals surface area contributed by atoms with Crippen molar-refractivity contribution >= 4 is 23.6 Å². The molecule has 1 saturated heterocycles. The summed E-state index contributed by atoms with van der Waals surface area (Å²) in [5.74, 6) is 0.795. The lowest BCUT2D eigenvalue weighted by molar-refractivity contribution is -0.149. The molecule has 0 saturated carbocycles. The summed E-state index contributed by atoms with van der Waals surface area (Å²) < 4.78 is 0. The molecular formula is C14H25NO3S. The zero-order chi connectivity index (χ0) is 14.5. The molecule has 0 radical (unpaired) electrons. The molecule has 0 aromatic carbocycles. The number of carboxylic acids is 1. The molecule has 1 amide bonds. The molecule has 0 bridgehead atoms. The molecule has 1 atom stereocenters. The molecule has 0 aromatic rings. The van der Waals surface area contributed by atoms with Gasteiger partial charge in [0.2, 0.25) is 5.91 Å². The van der Waals surface area contributed by atoms with Gasteiger partial charge in [-0.25, -0.2) is 4.79 Å². The first-order valence-electron chi connectivity index (χ1n) is 7.10. The van der Waals surface area contributed by atoms with E-state index in [1.165, 1.54) is 0 Å². The minimum Gasteiger partial charge on any atom is -0.480 e. The van der Waals surface area contributed by atoms with Crippen molar-refractivity contribution in [2.24, 2.45) is 11.8 Å². The van der Waals surface area contributed by atoms with E-state index in [0.717, 1.165) is 24.3 Å². The van der Waals surface area contributed by atoms with Crippen molar-refractivity contribution in [3.63, 3.8) is 0 Å². The Morgan fingerprint density at radius 3 is 2.21 bits per heavy atom. The van der Waals surface area contributed by atoms with E-state index in [9.17, 15) is 14.7 Å². The predicted octanol–water partition coefficient (Wildman–Crippen LogP) is 2.53. The quantitative estimate of drug-likeness (QED) is 0.788. The first-order valence-corrected chi connectivity index (χ1v) is 8.25. The Morgan fingerprint density at radius 1 is 1.26 bits per heavy atom. The second-order valence-electron chi connectivity index (χ2n) is 5.35. The Labute approximate surface area is 119 Å². The maximum absolute atomic E-state index is 12.3. The summed E-state index contributed by atoms with van der Waals surface area (Å²) in [6.07, 6.45) is 2.94. The fraction of sp³-hybridized carbons (Fsp3) is 0.857. The number of amides is 1. The van der Waals surface area contributed by atoms with Crippen LogP contribution in [-0.4, -0.2) is 34.0 Å². The number of hydrogen-bond acceptors (Lipinski definition) is 3. The lowest BCUT2D eigenvalue weighted by Crippen LogP contribution is -2.58. The second-order valence-corrected chi connectivity index (χ2v) is 6.58. The summed E-state index contributed by atoms with van der Waals surface area (Å²) in [7, 11) is 0. The number of rotatable bonds is 6. The third-order valence-electron chi connectivity index (χ3n) is 4.29. The smallest absolute Gasteiger partial charge is 0.329 e. The van der Waals surface area contributed by atoms with Crippen LogP contribution in [0.25, 0.3) is 0 Å². The van der Waals surface area contributed by atoms with Crippen LogP contribution in [-0.2, 0) is 9.59 Å². The Hall–Kier alpha value is -0.710. The molecule has 1 rings (SSSR count). The third kappa shape index (κ3) is 3.88. The minimum atomic E-state index is -1.04. The van der Waals surface area contributed by atoms with E-state index in [-0.39, 0.29) is 11.8 Å². The van der Waals surface area contributed by atoms with Crippen LogP contribution >= 0.6 is 11.8 Å². The van der Waals surface area contributed by atoms with Gasteiger partial charge in [0.1, 0.15) is 5.54 Å². The van der Waals surface area contributed by atoms with Crippen molar-refractivity contribution in [3.8, 4) is 0 Å². The number of hydrogen-bond donors (Lipinski definition) is 2. The Bertz CT molecular complexity index is 323. The van der Waals surface area contributed by atoms with Crippen molar-refractivity contribution in [2.75, 3.05) is 11.5 Å². The summed E-state index contributed by atoms with van der Waals surface area (Å²) in [5.41, 5.74) is -1.04. The van der Waals surface area contributed by atoms with Crippen molar-refractivity contribution < 1.29 is 14.7 Å². The zero-order valence-corrected chi connectivity index (χ0v) is 12.9. The fourth-order valence-corrected chi connectivity index (χ4v) is 3.86. The summed E-state index contributed by atoms with van der Waals surface area (Å²) in [6.45, 7) is 6.05. The molecule has 5 heteroatoms. The highest BCUT2D eigenvalue weighted by Crippen LogP contribution is 2.29. The van der Waals surface area contributed by atoms with Gasteiger partial charge in [-0.2, -0.15) is 11.8 Å². The SMILES string of the molecule is CCC(CC)C(C)C(=O)NC1(C(=O)O)CCSCC1. The van der Waals surface area contributed by atoms with Gasteiger partial charge in [-0.1, -0.05) is 33.6 Å². The first kappa shape index (κ1) is 16.3. The van der Waals surface area contributed by atoms with Crippen LogP contribution in [0.2, 0.25) is 0 Å². The average molecular weight is 287 g/mol. The van der Waals surface area contributed by atoms with Gasteiger partial charge in [0.15, 0.2) is 0 Å². The topological polar surface area (TPSA) is 66.4 Å². The van der Waals surface area contributed by atoms with E-state index >= 15 is 0 Å². The molecule has 0 aliphatic carbocycles. The molecule has 1 heterocycles. The van der Waals surface area contributed by atoms with Gasteiger partial charge in [0.25, 0.3) is 0 Å². The molecule has 19 heavy (non-hydrogen) atoms. The summed E-state index contributed by atoms with van der Waals surface area (Å²) >= 11 is 1.75. The Morgan fingerprint density at radius 2 is 1.79 bits per heavy atom.